The Labute approximate surface area is 201 Å². The highest BCUT2D eigenvalue weighted by Gasteiger charge is 2.30. The highest BCUT2D eigenvalue weighted by Crippen LogP contribution is 2.36. The molecule has 2 saturated carbocycles. The molecule has 180 valence electrons. The second-order valence-electron chi connectivity index (χ2n) is 11.6. The topological polar surface area (TPSA) is 33.3 Å². The van der Waals surface area contributed by atoms with Gasteiger partial charge in [0.15, 0.2) is 0 Å². The van der Waals surface area contributed by atoms with Crippen molar-refractivity contribution in [1.82, 2.24) is 0 Å². The predicted molar refractivity (Wildman–Crippen MR) is 141 cm³/mol. The van der Waals surface area contributed by atoms with E-state index in [-0.39, 0.29) is 17.2 Å². The van der Waals surface area contributed by atoms with Crippen molar-refractivity contribution in [2.45, 2.75) is 96.2 Å². The fraction of sp³-hybridized carbons (Fsp3) is 0.600. The van der Waals surface area contributed by atoms with E-state index in [0.717, 1.165) is 11.8 Å². The van der Waals surface area contributed by atoms with Crippen molar-refractivity contribution in [1.29, 1.82) is 0 Å². The molecule has 0 bridgehead atoms. The van der Waals surface area contributed by atoms with Crippen LogP contribution in [-0.2, 0) is 4.74 Å². The quantitative estimate of drug-likeness (QED) is 0.448. The summed E-state index contributed by atoms with van der Waals surface area (Å²) in [7, 11) is 1.80. The summed E-state index contributed by atoms with van der Waals surface area (Å²) in [5, 5.41) is 7.61. The number of methoxy groups -OCH3 is 1. The van der Waals surface area contributed by atoms with Crippen LogP contribution in [0.15, 0.2) is 48.5 Å². The van der Waals surface area contributed by atoms with E-state index in [9.17, 15) is 0 Å². The Morgan fingerprint density at radius 1 is 0.667 bits per heavy atom. The van der Waals surface area contributed by atoms with Crippen LogP contribution in [0.2, 0.25) is 0 Å². The van der Waals surface area contributed by atoms with Crippen molar-refractivity contribution >= 4 is 11.4 Å². The van der Waals surface area contributed by atoms with Gasteiger partial charge in [0, 0.05) is 29.6 Å². The van der Waals surface area contributed by atoms with Crippen molar-refractivity contribution in [2.75, 3.05) is 17.7 Å². The van der Waals surface area contributed by atoms with Gasteiger partial charge in [0.05, 0.1) is 0 Å². The lowest BCUT2D eigenvalue weighted by molar-refractivity contribution is 0.136. The average molecular weight is 449 g/mol. The third kappa shape index (κ3) is 6.12. The first kappa shape index (κ1) is 24.1. The number of benzene rings is 2. The molecule has 0 aromatic heterocycles. The van der Waals surface area contributed by atoms with E-state index >= 15 is 0 Å². The Kier molecular flexibility index (Phi) is 7.38. The first-order valence-electron chi connectivity index (χ1n) is 13.1. The third-order valence-electron chi connectivity index (χ3n) is 8.31. The van der Waals surface area contributed by atoms with Gasteiger partial charge < -0.3 is 15.4 Å². The maximum atomic E-state index is 5.92. The highest BCUT2D eigenvalue weighted by molar-refractivity contribution is 5.50. The number of ether oxygens (including phenoxy) is 1. The Hall–Kier alpha value is -2.00. The van der Waals surface area contributed by atoms with Gasteiger partial charge in [0.1, 0.15) is 6.10 Å². The molecule has 0 amide bonds. The summed E-state index contributed by atoms with van der Waals surface area (Å²) in [4.78, 5) is 0. The minimum Gasteiger partial charge on any atom is -0.380 e. The van der Waals surface area contributed by atoms with Gasteiger partial charge in [0.25, 0.3) is 0 Å². The highest BCUT2D eigenvalue weighted by atomic mass is 16.5. The fourth-order valence-electron chi connectivity index (χ4n) is 5.69. The second kappa shape index (κ2) is 10.1. The van der Waals surface area contributed by atoms with E-state index in [0.29, 0.717) is 0 Å². The average Bonchev–Trinajstić information content (AvgIpc) is 2.81. The molecule has 2 aliphatic rings. The van der Waals surface area contributed by atoms with Crippen molar-refractivity contribution in [3.63, 3.8) is 0 Å². The molecule has 0 atom stereocenters. The van der Waals surface area contributed by atoms with Crippen LogP contribution >= 0.6 is 0 Å². The monoisotopic (exact) mass is 448 g/mol. The maximum Gasteiger partial charge on any atom is 0.107 e. The zero-order valence-corrected chi connectivity index (χ0v) is 21.4. The largest absolute Gasteiger partial charge is 0.380 e. The first-order valence-corrected chi connectivity index (χ1v) is 13.1. The normalized spacial score (nSPS) is 31.1. The van der Waals surface area contributed by atoms with Gasteiger partial charge in [-0.3, -0.25) is 0 Å². The Morgan fingerprint density at radius 3 is 1.30 bits per heavy atom. The summed E-state index contributed by atoms with van der Waals surface area (Å²) in [6.07, 6.45) is 10.2. The minimum absolute atomic E-state index is 0.0506. The SMILES string of the molecule is COC(c1ccc(NC2(C)CCC(C)CC2)cc1)c1ccc(NC2(C)CCC(C)CC2)cc1. The Bertz CT molecular complexity index is 799. The van der Waals surface area contributed by atoms with Gasteiger partial charge in [0.2, 0.25) is 0 Å². The molecule has 2 aliphatic carbocycles. The summed E-state index contributed by atoms with van der Waals surface area (Å²) < 4.78 is 5.92. The molecular weight excluding hydrogens is 404 g/mol. The fourth-order valence-corrected chi connectivity index (χ4v) is 5.69. The molecule has 0 aliphatic heterocycles. The first-order chi connectivity index (χ1) is 15.8. The van der Waals surface area contributed by atoms with Gasteiger partial charge in [-0.05, 0) is 112 Å². The lowest BCUT2D eigenvalue weighted by Crippen LogP contribution is -2.38. The molecule has 2 aromatic carbocycles. The molecule has 2 fully saturated rings. The van der Waals surface area contributed by atoms with Crippen LogP contribution in [0.3, 0.4) is 0 Å². The Morgan fingerprint density at radius 2 is 1.00 bits per heavy atom. The molecular formula is C30H44N2O. The van der Waals surface area contributed by atoms with Crippen LogP contribution in [0.1, 0.15) is 96.3 Å². The van der Waals surface area contributed by atoms with Crippen molar-refractivity contribution in [3.8, 4) is 0 Å². The summed E-state index contributed by atoms with van der Waals surface area (Å²) in [6, 6.07) is 17.7. The van der Waals surface area contributed by atoms with Gasteiger partial charge in [-0.2, -0.15) is 0 Å². The smallest absolute Gasteiger partial charge is 0.107 e. The molecule has 4 rings (SSSR count). The van der Waals surface area contributed by atoms with Gasteiger partial charge in [-0.1, -0.05) is 38.1 Å². The minimum atomic E-state index is -0.0506. The van der Waals surface area contributed by atoms with E-state index in [1.165, 1.54) is 73.9 Å². The molecule has 0 unspecified atom stereocenters. The van der Waals surface area contributed by atoms with E-state index < -0.39 is 0 Å². The van der Waals surface area contributed by atoms with Crippen LogP contribution in [0.5, 0.6) is 0 Å². The van der Waals surface area contributed by atoms with E-state index in [4.69, 9.17) is 4.74 Å². The lowest BCUT2D eigenvalue weighted by Gasteiger charge is -2.38. The zero-order chi connectivity index (χ0) is 23.5. The standard InChI is InChI=1S/C30H44N2O/c1-22-14-18-29(3,19-15-22)31-26-10-6-24(7-11-26)28(33-5)25-8-12-27(13-9-25)32-30(4)20-16-23(2)17-21-30/h6-13,22-23,28,31-32H,14-21H2,1-5H3. The number of hydrogen-bond acceptors (Lipinski definition) is 3. The van der Waals surface area contributed by atoms with Gasteiger partial charge in [-0.25, -0.2) is 0 Å². The maximum absolute atomic E-state index is 5.92. The van der Waals surface area contributed by atoms with Crippen LogP contribution in [0.4, 0.5) is 11.4 Å². The predicted octanol–water partition coefficient (Wildman–Crippen LogP) is 8.18. The van der Waals surface area contributed by atoms with Crippen molar-refractivity contribution in [2.24, 2.45) is 11.8 Å². The number of nitrogens with one attached hydrogen (secondary N) is 2. The number of anilines is 2. The van der Waals surface area contributed by atoms with Gasteiger partial charge in [-0.15, -0.1) is 0 Å². The van der Waals surface area contributed by atoms with Crippen LogP contribution < -0.4 is 10.6 Å². The molecule has 2 N–H and O–H groups in total. The molecule has 0 saturated heterocycles. The van der Waals surface area contributed by atoms with E-state index in [1.54, 1.807) is 7.11 Å². The molecule has 0 radical (unpaired) electrons. The summed E-state index contributed by atoms with van der Waals surface area (Å²) in [5.41, 5.74) is 5.23. The molecule has 33 heavy (non-hydrogen) atoms. The van der Waals surface area contributed by atoms with E-state index in [1.807, 2.05) is 0 Å². The number of hydrogen-bond donors (Lipinski definition) is 2. The van der Waals surface area contributed by atoms with Crippen LogP contribution in [0, 0.1) is 11.8 Å². The molecule has 2 aromatic rings. The molecule has 0 heterocycles. The van der Waals surface area contributed by atoms with Gasteiger partial charge >= 0.3 is 0 Å². The van der Waals surface area contributed by atoms with Crippen LogP contribution in [0.25, 0.3) is 0 Å². The van der Waals surface area contributed by atoms with Crippen molar-refractivity contribution < 1.29 is 4.74 Å². The number of rotatable bonds is 7. The second-order valence-corrected chi connectivity index (χ2v) is 11.6. The lowest BCUT2D eigenvalue weighted by atomic mass is 9.78. The summed E-state index contributed by atoms with van der Waals surface area (Å²) >= 11 is 0. The zero-order valence-electron chi connectivity index (χ0n) is 21.4. The molecule has 0 spiro atoms. The third-order valence-corrected chi connectivity index (χ3v) is 8.31. The Balaban J connectivity index is 1.40. The van der Waals surface area contributed by atoms with Crippen molar-refractivity contribution in [3.05, 3.63) is 59.7 Å². The van der Waals surface area contributed by atoms with E-state index in [2.05, 4.69) is 86.9 Å². The van der Waals surface area contributed by atoms with Crippen LogP contribution in [-0.4, -0.2) is 18.2 Å². The summed E-state index contributed by atoms with van der Waals surface area (Å²) in [6.45, 7) is 9.49. The summed E-state index contributed by atoms with van der Waals surface area (Å²) in [5.74, 6) is 1.72. The molecule has 3 nitrogen and oxygen atoms in total. The molecule has 3 heteroatoms.